The van der Waals surface area contributed by atoms with Crippen molar-refractivity contribution in [2.75, 3.05) is 0 Å². The van der Waals surface area contributed by atoms with Crippen molar-refractivity contribution in [3.8, 4) is 0 Å². The summed E-state index contributed by atoms with van der Waals surface area (Å²) >= 11 is 0. The molecule has 0 aliphatic rings. The van der Waals surface area contributed by atoms with Gasteiger partial charge in [-0.05, 0) is 78.9 Å². The van der Waals surface area contributed by atoms with Crippen LogP contribution >= 0.6 is 0 Å². The highest BCUT2D eigenvalue weighted by atomic mass is 14.2. The third-order valence-corrected chi connectivity index (χ3v) is 8.74. The third-order valence-electron chi connectivity index (χ3n) is 8.74. The molecular formula is C50H38. The molecular weight excluding hydrogens is 601 g/mol. The minimum Gasteiger partial charge on any atom is -0.0622 e. The normalized spacial score (nSPS) is 12.1. The molecule has 0 nitrogen and oxygen atoms in total. The van der Waals surface area contributed by atoms with Crippen LogP contribution in [0.15, 0.2) is 194 Å². The molecule has 7 aromatic carbocycles. The molecule has 0 fully saturated rings. The van der Waals surface area contributed by atoms with E-state index in [4.69, 9.17) is 0 Å². The summed E-state index contributed by atoms with van der Waals surface area (Å²) < 4.78 is 0. The minimum absolute atomic E-state index is 1.15. The molecule has 0 saturated carbocycles. The highest BCUT2D eigenvalue weighted by Gasteiger charge is 2.18. The number of rotatable bonds is 10. The third kappa shape index (κ3) is 7.96. The monoisotopic (exact) mass is 638 g/mol. The van der Waals surface area contributed by atoms with Gasteiger partial charge in [0.2, 0.25) is 0 Å². The Morgan fingerprint density at radius 1 is 0.240 bits per heavy atom. The Bertz CT molecular complexity index is 2100. The highest BCUT2D eigenvalue weighted by Crippen LogP contribution is 2.38. The van der Waals surface area contributed by atoms with Crippen LogP contribution in [-0.4, -0.2) is 0 Å². The maximum absolute atomic E-state index is 2.33. The molecule has 0 atom stereocenters. The van der Waals surface area contributed by atoms with E-state index in [1.54, 1.807) is 0 Å². The van der Waals surface area contributed by atoms with Gasteiger partial charge in [-0.1, -0.05) is 218 Å². The van der Waals surface area contributed by atoms with Gasteiger partial charge in [0.25, 0.3) is 0 Å². The second kappa shape index (κ2) is 16.1. The number of benzene rings is 7. The zero-order valence-corrected chi connectivity index (χ0v) is 27.9. The molecule has 7 rings (SSSR count). The van der Waals surface area contributed by atoms with E-state index in [-0.39, 0.29) is 0 Å². The fraction of sp³-hybridized carbons (Fsp3) is 0. The summed E-state index contributed by atoms with van der Waals surface area (Å²) in [6.45, 7) is 0. The van der Waals surface area contributed by atoms with Crippen molar-refractivity contribution in [2.45, 2.75) is 0 Å². The van der Waals surface area contributed by atoms with Crippen LogP contribution in [0, 0.1) is 0 Å². The molecule has 0 aromatic heterocycles. The van der Waals surface area contributed by atoms with Gasteiger partial charge < -0.3 is 0 Å². The predicted octanol–water partition coefficient (Wildman–Crippen LogP) is 13.2. The highest BCUT2D eigenvalue weighted by molar-refractivity contribution is 6.03. The summed E-state index contributed by atoms with van der Waals surface area (Å²) in [5.74, 6) is 0. The van der Waals surface area contributed by atoms with E-state index < -0.39 is 0 Å². The van der Waals surface area contributed by atoms with Crippen LogP contribution in [0.25, 0.3) is 47.6 Å². The first-order valence-electron chi connectivity index (χ1n) is 17.1. The molecule has 0 spiro atoms. The Balaban J connectivity index is 1.44. The lowest BCUT2D eigenvalue weighted by atomic mass is 9.84. The standard InChI is InChI=1S/C50H38/c1-5-19-39(20-6-1)33-35-43-27-13-15-29-45(43)49(37-41-23-9-3-10-24-41)47-31-17-18-32-48(47)50(38-42-25-11-4-12-26-42)46-30-16-14-28-44(46)36-34-40-21-7-2-8-22-40/h1-38H. The van der Waals surface area contributed by atoms with E-state index in [0.717, 1.165) is 33.4 Å². The molecule has 7 aromatic rings. The molecule has 50 heavy (non-hydrogen) atoms. The molecule has 0 heteroatoms. The van der Waals surface area contributed by atoms with Gasteiger partial charge in [-0.25, -0.2) is 0 Å². The van der Waals surface area contributed by atoms with Gasteiger partial charge in [0.15, 0.2) is 0 Å². The summed E-state index contributed by atoms with van der Waals surface area (Å²) in [4.78, 5) is 0. The fourth-order valence-corrected chi connectivity index (χ4v) is 6.26. The van der Waals surface area contributed by atoms with Gasteiger partial charge >= 0.3 is 0 Å². The van der Waals surface area contributed by atoms with Crippen LogP contribution in [0.3, 0.4) is 0 Å². The van der Waals surface area contributed by atoms with Crippen molar-refractivity contribution in [1.29, 1.82) is 0 Å². The maximum Gasteiger partial charge on any atom is -0.00932 e. The zero-order chi connectivity index (χ0) is 33.8. The van der Waals surface area contributed by atoms with E-state index >= 15 is 0 Å². The van der Waals surface area contributed by atoms with E-state index in [0.29, 0.717) is 0 Å². The molecule has 238 valence electrons. The minimum atomic E-state index is 1.15. The van der Waals surface area contributed by atoms with Crippen molar-refractivity contribution in [3.63, 3.8) is 0 Å². The first-order chi connectivity index (χ1) is 24.8. The van der Waals surface area contributed by atoms with Crippen LogP contribution in [-0.2, 0) is 0 Å². The Morgan fingerprint density at radius 3 is 0.880 bits per heavy atom. The van der Waals surface area contributed by atoms with Crippen LogP contribution in [0.5, 0.6) is 0 Å². The van der Waals surface area contributed by atoms with Crippen molar-refractivity contribution < 1.29 is 0 Å². The Kier molecular flexibility index (Phi) is 10.3. The molecule has 0 bridgehead atoms. The van der Waals surface area contributed by atoms with E-state index in [1.807, 2.05) is 0 Å². The molecule has 0 radical (unpaired) electrons. The van der Waals surface area contributed by atoms with Crippen LogP contribution in [0.4, 0.5) is 0 Å². The quantitative estimate of drug-likeness (QED) is 0.131. The SMILES string of the molecule is C(=Cc1ccccc1C(=Cc1ccccc1)c1ccccc1C(=Cc1ccccc1)c1ccccc1C=Cc1ccccc1)c1ccccc1. The van der Waals surface area contributed by atoms with Gasteiger partial charge in [0.05, 0.1) is 0 Å². The maximum atomic E-state index is 2.33. The van der Waals surface area contributed by atoms with E-state index in [9.17, 15) is 0 Å². The molecule has 0 unspecified atom stereocenters. The lowest BCUT2D eigenvalue weighted by Crippen LogP contribution is -2.00. The lowest BCUT2D eigenvalue weighted by Gasteiger charge is -2.20. The Morgan fingerprint density at radius 2 is 0.520 bits per heavy atom. The summed E-state index contributed by atoms with van der Waals surface area (Å²) in [6.07, 6.45) is 13.5. The molecule has 0 aliphatic carbocycles. The fourth-order valence-electron chi connectivity index (χ4n) is 6.26. The van der Waals surface area contributed by atoms with Gasteiger partial charge in [-0.15, -0.1) is 0 Å². The average molecular weight is 639 g/mol. The Hall–Kier alpha value is -6.50. The first kappa shape index (κ1) is 32.1. The van der Waals surface area contributed by atoms with Crippen molar-refractivity contribution in [1.82, 2.24) is 0 Å². The molecule has 0 heterocycles. The van der Waals surface area contributed by atoms with Gasteiger partial charge in [-0.2, -0.15) is 0 Å². The van der Waals surface area contributed by atoms with Crippen LogP contribution in [0.1, 0.15) is 55.6 Å². The Labute approximate surface area is 296 Å². The van der Waals surface area contributed by atoms with Gasteiger partial charge in [-0.3, -0.25) is 0 Å². The zero-order valence-electron chi connectivity index (χ0n) is 27.9. The first-order valence-corrected chi connectivity index (χ1v) is 17.1. The smallest absolute Gasteiger partial charge is 0.00932 e. The second-order valence-electron chi connectivity index (χ2n) is 12.1. The summed E-state index contributed by atoms with van der Waals surface area (Å²) in [5, 5.41) is 0. The second-order valence-corrected chi connectivity index (χ2v) is 12.1. The van der Waals surface area contributed by atoms with Crippen molar-refractivity contribution in [3.05, 3.63) is 250 Å². The van der Waals surface area contributed by atoms with Gasteiger partial charge in [0.1, 0.15) is 0 Å². The van der Waals surface area contributed by atoms with E-state index in [2.05, 4.69) is 231 Å². The number of hydrogen-bond donors (Lipinski definition) is 0. The van der Waals surface area contributed by atoms with Crippen LogP contribution < -0.4 is 0 Å². The molecule has 0 saturated heterocycles. The topological polar surface area (TPSA) is 0 Å². The summed E-state index contributed by atoms with van der Waals surface area (Å²) in [7, 11) is 0. The largest absolute Gasteiger partial charge is 0.0622 e. The van der Waals surface area contributed by atoms with Crippen molar-refractivity contribution >= 4 is 47.6 Å². The lowest BCUT2D eigenvalue weighted by molar-refractivity contribution is 1.47. The van der Waals surface area contributed by atoms with Gasteiger partial charge in [0, 0.05) is 0 Å². The predicted molar refractivity (Wildman–Crippen MR) is 217 cm³/mol. The molecule has 0 amide bonds. The summed E-state index contributed by atoms with van der Waals surface area (Å²) in [6, 6.07) is 68.5. The van der Waals surface area contributed by atoms with E-state index in [1.165, 1.54) is 33.4 Å². The van der Waals surface area contributed by atoms with Crippen LogP contribution in [0.2, 0.25) is 0 Å². The molecule has 0 N–H and O–H groups in total. The number of hydrogen-bond acceptors (Lipinski definition) is 0. The average Bonchev–Trinajstić information content (AvgIpc) is 3.19. The van der Waals surface area contributed by atoms with Crippen molar-refractivity contribution in [2.24, 2.45) is 0 Å². The summed E-state index contributed by atoms with van der Waals surface area (Å²) in [5.41, 5.74) is 14.0. The molecule has 0 aliphatic heterocycles.